The highest BCUT2D eigenvalue weighted by atomic mass is 16.2. The number of nitrogens with two attached hydrogens (primary N) is 1. The van der Waals surface area contributed by atoms with Crippen LogP contribution in [0.5, 0.6) is 0 Å². The molecular formula is C10H19N3O2. The minimum absolute atomic E-state index is 0.0127. The van der Waals surface area contributed by atoms with Gasteiger partial charge in [0, 0.05) is 7.05 Å². The summed E-state index contributed by atoms with van der Waals surface area (Å²) in [6.07, 6.45) is 1.90. The number of likely N-dealkylation sites (N-methyl/N-ethyl adjacent to an activating group) is 2. The molecule has 1 aliphatic rings. The number of hydrogen-bond donors (Lipinski definition) is 1. The van der Waals surface area contributed by atoms with Crippen LogP contribution in [-0.2, 0) is 9.59 Å². The second kappa shape index (κ2) is 4.61. The van der Waals surface area contributed by atoms with E-state index in [9.17, 15) is 9.59 Å². The van der Waals surface area contributed by atoms with E-state index in [0.29, 0.717) is 0 Å². The highest BCUT2D eigenvalue weighted by Gasteiger charge is 2.32. The molecule has 0 saturated carbocycles. The Kier molecular flexibility index (Phi) is 3.68. The van der Waals surface area contributed by atoms with Crippen LogP contribution in [0.1, 0.15) is 19.8 Å². The highest BCUT2D eigenvalue weighted by molar-refractivity contribution is 5.88. The summed E-state index contributed by atoms with van der Waals surface area (Å²) in [5.74, 6) is -0.479. The molecule has 1 rings (SSSR count). The van der Waals surface area contributed by atoms with Gasteiger partial charge in [0.05, 0.1) is 6.04 Å². The van der Waals surface area contributed by atoms with Gasteiger partial charge in [0.1, 0.15) is 6.04 Å². The summed E-state index contributed by atoms with van der Waals surface area (Å²) in [4.78, 5) is 26.4. The van der Waals surface area contributed by atoms with Crippen molar-refractivity contribution in [3.05, 3.63) is 0 Å². The van der Waals surface area contributed by atoms with Gasteiger partial charge < -0.3 is 10.6 Å². The number of hydrogen-bond acceptors (Lipinski definition) is 3. The summed E-state index contributed by atoms with van der Waals surface area (Å²) in [7, 11) is 3.56. The molecule has 1 heterocycles. The van der Waals surface area contributed by atoms with Crippen LogP contribution < -0.4 is 5.73 Å². The van der Waals surface area contributed by atoms with Gasteiger partial charge in [-0.05, 0) is 33.4 Å². The zero-order chi connectivity index (χ0) is 11.6. The average Bonchev–Trinajstić information content (AvgIpc) is 2.60. The SMILES string of the molecule is C[C@@H](C(N)=O)N(C)C(=O)[C@H]1CCCN1C. The third kappa shape index (κ3) is 2.47. The molecule has 0 spiro atoms. The Bertz CT molecular complexity index is 267. The molecule has 0 aromatic carbocycles. The number of carbonyl (C=O) groups is 2. The predicted octanol–water partition coefficient (Wildman–Crippen LogP) is -0.587. The Hall–Kier alpha value is -1.10. The fourth-order valence-corrected chi connectivity index (χ4v) is 1.84. The first-order chi connectivity index (χ1) is 6.95. The molecule has 2 atom stereocenters. The zero-order valence-electron chi connectivity index (χ0n) is 9.56. The lowest BCUT2D eigenvalue weighted by Gasteiger charge is -2.28. The minimum Gasteiger partial charge on any atom is -0.368 e. The van der Waals surface area contributed by atoms with Gasteiger partial charge in [0.15, 0.2) is 0 Å². The van der Waals surface area contributed by atoms with Crippen LogP contribution in [0.4, 0.5) is 0 Å². The number of likely N-dealkylation sites (tertiary alicyclic amines) is 1. The van der Waals surface area contributed by atoms with Gasteiger partial charge in [0.2, 0.25) is 11.8 Å². The molecule has 1 fully saturated rings. The van der Waals surface area contributed by atoms with Crippen LogP contribution in [-0.4, -0.2) is 54.3 Å². The third-order valence-corrected chi connectivity index (χ3v) is 3.15. The molecule has 86 valence electrons. The summed E-state index contributed by atoms with van der Waals surface area (Å²) < 4.78 is 0. The first-order valence-corrected chi connectivity index (χ1v) is 5.21. The topological polar surface area (TPSA) is 66.6 Å². The van der Waals surface area contributed by atoms with Crippen molar-refractivity contribution in [2.45, 2.75) is 31.8 Å². The second-order valence-corrected chi connectivity index (χ2v) is 4.17. The number of primary amides is 1. The summed E-state index contributed by atoms with van der Waals surface area (Å²) in [5, 5.41) is 0. The molecule has 15 heavy (non-hydrogen) atoms. The van der Waals surface area contributed by atoms with Gasteiger partial charge in [0.25, 0.3) is 0 Å². The molecule has 5 heteroatoms. The van der Waals surface area contributed by atoms with E-state index in [-0.39, 0.29) is 11.9 Å². The van der Waals surface area contributed by atoms with E-state index in [2.05, 4.69) is 0 Å². The maximum absolute atomic E-state index is 12.0. The fraction of sp³-hybridized carbons (Fsp3) is 0.800. The molecule has 2 N–H and O–H groups in total. The molecule has 0 aromatic rings. The van der Waals surface area contributed by atoms with E-state index in [4.69, 9.17) is 5.73 Å². The molecule has 0 radical (unpaired) electrons. The lowest BCUT2D eigenvalue weighted by atomic mass is 10.1. The van der Waals surface area contributed by atoms with Crippen LogP contribution >= 0.6 is 0 Å². The zero-order valence-corrected chi connectivity index (χ0v) is 9.56. The molecule has 1 saturated heterocycles. The van der Waals surface area contributed by atoms with Gasteiger partial charge >= 0.3 is 0 Å². The van der Waals surface area contributed by atoms with Gasteiger partial charge in [-0.1, -0.05) is 0 Å². The number of amides is 2. The molecule has 1 aliphatic heterocycles. The normalized spacial score (nSPS) is 23.8. The summed E-state index contributed by atoms with van der Waals surface area (Å²) in [6.45, 7) is 2.59. The summed E-state index contributed by atoms with van der Waals surface area (Å²) in [5.41, 5.74) is 5.16. The van der Waals surface area contributed by atoms with E-state index < -0.39 is 11.9 Å². The van der Waals surface area contributed by atoms with E-state index in [1.165, 1.54) is 4.90 Å². The van der Waals surface area contributed by atoms with Gasteiger partial charge in [-0.3, -0.25) is 14.5 Å². The fourth-order valence-electron chi connectivity index (χ4n) is 1.84. The Labute approximate surface area is 90.2 Å². The van der Waals surface area contributed by atoms with Crippen molar-refractivity contribution in [1.29, 1.82) is 0 Å². The van der Waals surface area contributed by atoms with Crippen molar-refractivity contribution in [2.75, 3.05) is 20.6 Å². The van der Waals surface area contributed by atoms with Crippen molar-refractivity contribution in [1.82, 2.24) is 9.80 Å². The predicted molar refractivity (Wildman–Crippen MR) is 57.1 cm³/mol. The van der Waals surface area contributed by atoms with Gasteiger partial charge in [-0.2, -0.15) is 0 Å². The minimum atomic E-state index is -0.536. The largest absolute Gasteiger partial charge is 0.368 e. The Morgan fingerprint density at radius 1 is 1.53 bits per heavy atom. The first-order valence-electron chi connectivity index (χ1n) is 5.21. The maximum Gasteiger partial charge on any atom is 0.240 e. The molecule has 2 amide bonds. The third-order valence-electron chi connectivity index (χ3n) is 3.15. The van der Waals surface area contributed by atoms with Gasteiger partial charge in [-0.15, -0.1) is 0 Å². The van der Waals surface area contributed by atoms with Crippen molar-refractivity contribution in [3.63, 3.8) is 0 Å². The smallest absolute Gasteiger partial charge is 0.240 e. The van der Waals surface area contributed by atoms with Crippen LogP contribution in [0.2, 0.25) is 0 Å². The standard InChI is InChI=1S/C10H19N3O2/c1-7(9(11)14)13(3)10(15)8-5-4-6-12(8)2/h7-8H,4-6H2,1-3H3,(H2,11,14)/t7-,8+/m0/s1. The van der Waals surface area contributed by atoms with Crippen LogP contribution in [0.15, 0.2) is 0 Å². The van der Waals surface area contributed by atoms with E-state index >= 15 is 0 Å². The first kappa shape index (κ1) is 12.0. The van der Waals surface area contributed by atoms with Gasteiger partial charge in [-0.25, -0.2) is 0 Å². The number of nitrogens with zero attached hydrogens (tertiary/aromatic N) is 2. The lowest BCUT2D eigenvalue weighted by molar-refractivity contribution is -0.140. The Morgan fingerprint density at radius 3 is 2.53 bits per heavy atom. The van der Waals surface area contributed by atoms with Crippen LogP contribution in [0, 0.1) is 0 Å². The van der Waals surface area contributed by atoms with Crippen LogP contribution in [0.3, 0.4) is 0 Å². The Balaban J connectivity index is 2.63. The van der Waals surface area contributed by atoms with Crippen molar-refractivity contribution in [3.8, 4) is 0 Å². The monoisotopic (exact) mass is 213 g/mol. The number of carbonyl (C=O) groups excluding carboxylic acids is 2. The summed E-state index contributed by atoms with van der Waals surface area (Å²) >= 11 is 0. The second-order valence-electron chi connectivity index (χ2n) is 4.17. The Morgan fingerprint density at radius 2 is 2.13 bits per heavy atom. The van der Waals surface area contributed by atoms with E-state index in [0.717, 1.165) is 19.4 Å². The molecular weight excluding hydrogens is 194 g/mol. The highest BCUT2D eigenvalue weighted by Crippen LogP contribution is 2.17. The lowest BCUT2D eigenvalue weighted by Crippen LogP contribution is -2.50. The van der Waals surface area contributed by atoms with E-state index in [1.54, 1.807) is 14.0 Å². The molecule has 0 aliphatic carbocycles. The van der Waals surface area contributed by atoms with E-state index in [1.807, 2.05) is 11.9 Å². The van der Waals surface area contributed by atoms with Crippen LogP contribution in [0.25, 0.3) is 0 Å². The van der Waals surface area contributed by atoms with Crippen molar-refractivity contribution >= 4 is 11.8 Å². The van der Waals surface area contributed by atoms with Crippen molar-refractivity contribution in [2.24, 2.45) is 5.73 Å². The molecule has 0 bridgehead atoms. The maximum atomic E-state index is 12.0. The molecule has 0 aromatic heterocycles. The summed E-state index contributed by atoms with van der Waals surface area (Å²) in [6, 6.07) is -0.622. The molecule has 5 nitrogen and oxygen atoms in total. The molecule has 0 unspecified atom stereocenters. The van der Waals surface area contributed by atoms with Crippen molar-refractivity contribution < 1.29 is 9.59 Å². The average molecular weight is 213 g/mol. The quantitative estimate of drug-likeness (QED) is 0.681. The number of rotatable bonds is 3.